The van der Waals surface area contributed by atoms with Gasteiger partial charge in [0.25, 0.3) is 0 Å². The number of rotatable bonds is 6. The molecular formula is C22H25Cl2N5O3. The minimum atomic E-state index is -0.264. The molecule has 32 heavy (non-hydrogen) atoms. The molecule has 2 aromatic carbocycles. The maximum absolute atomic E-state index is 9.83. The number of aliphatic hydroxyl groups is 1. The van der Waals surface area contributed by atoms with Crippen LogP contribution in [0.5, 0.6) is 5.75 Å². The van der Waals surface area contributed by atoms with Crippen molar-refractivity contribution < 1.29 is 15.1 Å². The number of fused-ring (bicyclic) bond motifs is 1. The van der Waals surface area contributed by atoms with Crippen molar-refractivity contribution in [3.05, 3.63) is 52.5 Å². The number of oxime groups is 1. The number of anilines is 2. The number of methoxy groups -OCH3 is 1. The van der Waals surface area contributed by atoms with Crippen molar-refractivity contribution in [2.75, 3.05) is 30.4 Å². The summed E-state index contributed by atoms with van der Waals surface area (Å²) in [5, 5.41) is 36.5. The molecule has 0 atom stereocenters. The van der Waals surface area contributed by atoms with Gasteiger partial charge in [0.15, 0.2) is 11.6 Å². The Hall–Kier alpha value is -2.81. The van der Waals surface area contributed by atoms with E-state index in [-0.39, 0.29) is 18.5 Å². The zero-order valence-electron chi connectivity index (χ0n) is 17.5. The second-order valence-electron chi connectivity index (χ2n) is 7.46. The average molecular weight is 478 g/mol. The van der Waals surface area contributed by atoms with Crippen LogP contribution in [-0.2, 0) is 6.54 Å². The number of nitrogens with one attached hydrogen (secondary N) is 1. The summed E-state index contributed by atoms with van der Waals surface area (Å²) >= 11 is 6.24. The van der Waals surface area contributed by atoms with Gasteiger partial charge in [-0.2, -0.15) is 0 Å². The number of benzene rings is 2. The Balaban J connectivity index is 0.00000289. The zero-order chi connectivity index (χ0) is 21.8. The first kappa shape index (κ1) is 23.8. The molecule has 0 spiro atoms. The SMILES string of the molecule is COc1ccc(CNc2nnc(N3CCC(O)CC3)c3ccc(/C=N/O)cc23)cc1Cl.Cl. The number of hydrogen-bond donors (Lipinski definition) is 3. The molecular weight excluding hydrogens is 453 g/mol. The summed E-state index contributed by atoms with van der Waals surface area (Å²) < 4.78 is 5.21. The Morgan fingerprint density at radius 2 is 1.97 bits per heavy atom. The van der Waals surface area contributed by atoms with Gasteiger partial charge in [0.1, 0.15) is 5.75 Å². The lowest BCUT2D eigenvalue weighted by Crippen LogP contribution is -2.36. The van der Waals surface area contributed by atoms with Gasteiger partial charge in [-0.25, -0.2) is 0 Å². The van der Waals surface area contributed by atoms with E-state index in [2.05, 4.69) is 25.6 Å². The van der Waals surface area contributed by atoms with Crippen molar-refractivity contribution in [2.24, 2.45) is 5.16 Å². The quantitative estimate of drug-likeness (QED) is 0.279. The molecule has 0 radical (unpaired) electrons. The van der Waals surface area contributed by atoms with Crippen LogP contribution in [0.3, 0.4) is 0 Å². The van der Waals surface area contributed by atoms with E-state index in [4.69, 9.17) is 21.5 Å². The van der Waals surface area contributed by atoms with Gasteiger partial charge < -0.3 is 25.3 Å². The van der Waals surface area contributed by atoms with Gasteiger partial charge in [-0.3, -0.25) is 0 Å². The van der Waals surface area contributed by atoms with E-state index in [1.165, 1.54) is 6.21 Å². The summed E-state index contributed by atoms with van der Waals surface area (Å²) in [6, 6.07) is 11.4. The Kier molecular flexibility index (Phi) is 7.95. The van der Waals surface area contributed by atoms with Crippen LogP contribution in [0, 0.1) is 0 Å². The molecule has 10 heteroatoms. The predicted molar refractivity (Wildman–Crippen MR) is 129 cm³/mol. The number of piperidine rings is 1. The minimum absolute atomic E-state index is 0. The lowest BCUT2D eigenvalue weighted by Gasteiger charge is -2.31. The molecule has 0 saturated carbocycles. The van der Waals surface area contributed by atoms with Crippen LogP contribution in [0.25, 0.3) is 10.8 Å². The number of nitrogens with zero attached hydrogens (tertiary/aromatic N) is 4. The van der Waals surface area contributed by atoms with Crippen LogP contribution in [0.4, 0.5) is 11.6 Å². The molecule has 1 saturated heterocycles. The largest absolute Gasteiger partial charge is 0.495 e. The van der Waals surface area contributed by atoms with Crippen LogP contribution in [-0.4, -0.2) is 53.0 Å². The van der Waals surface area contributed by atoms with Crippen molar-refractivity contribution in [2.45, 2.75) is 25.5 Å². The van der Waals surface area contributed by atoms with Crippen molar-refractivity contribution in [3.63, 3.8) is 0 Å². The highest BCUT2D eigenvalue weighted by atomic mass is 35.5. The fraction of sp³-hybridized carbons (Fsp3) is 0.318. The highest BCUT2D eigenvalue weighted by molar-refractivity contribution is 6.32. The number of aromatic nitrogens is 2. The fourth-order valence-corrected chi connectivity index (χ4v) is 4.03. The third-order valence-corrected chi connectivity index (χ3v) is 5.73. The van der Waals surface area contributed by atoms with E-state index >= 15 is 0 Å². The predicted octanol–water partition coefficient (Wildman–Crippen LogP) is 4.09. The molecule has 1 aliphatic rings. The zero-order valence-corrected chi connectivity index (χ0v) is 19.1. The Bertz CT molecular complexity index is 1100. The van der Waals surface area contributed by atoms with Gasteiger partial charge in [-0.1, -0.05) is 28.9 Å². The number of hydrogen-bond acceptors (Lipinski definition) is 8. The topological polar surface area (TPSA) is 103 Å². The molecule has 8 nitrogen and oxygen atoms in total. The number of ether oxygens (including phenoxy) is 1. The monoisotopic (exact) mass is 477 g/mol. The van der Waals surface area contributed by atoms with E-state index in [0.29, 0.717) is 36.0 Å². The van der Waals surface area contributed by atoms with E-state index in [1.807, 2.05) is 36.4 Å². The smallest absolute Gasteiger partial charge is 0.159 e. The van der Waals surface area contributed by atoms with Crippen LogP contribution in [0.2, 0.25) is 5.02 Å². The van der Waals surface area contributed by atoms with Gasteiger partial charge in [-0.05, 0) is 48.2 Å². The third-order valence-electron chi connectivity index (χ3n) is 5.43. The van der Waals surface area contributed by atoms with Crippen molar-refractivity contribution >= 4 is 52.6 Å². The number of aliphatic hydroxyl groups excluding tert-OH is 1. The summed E-state index contributed by atoms with van der Waals surface area (Å²) in [4.78, 5) is 2.15. The first-order valence-electron chi connectivity index (χ1n) is 10.1. The maximum Gasteiger partial charge on any atom is 0.159 e. The van der Waals surface area contributed by atoms with E-state index in [9.17, 15) is 5.11 Å². The summed E-state index contributed by atoms with van der Waals surface area (Å²) in [5.74, 6) is 2.03. The number of halogens is 2. The maximum atomic E-state index is 9.83. The van der Waals surface area contributed by atoms with Gasteiger partial charge >= 0.3 is 0 Å². The highest BCUT2D eigenvalue weighted by Crippen LogP contribution is 2.31. The summed E-state index contributed by atoms with van der Waals surface area (Å²) in [5.41, 5.74) is 1.72. The van der Waals surface area contributed by atoms with Crippen LogP contribution in [0.1, 0.15) is 24.0 Å². The second-order valence-corrected chi connectivity index (χ2v) is 7.87. The van der Waals surface area contributed by atoms with Crippen molar-refractivity contribution in [1.82, 2.24) is 10.2 Å². The highest BCUT2D eigenvalue weighted by Gasteiger charge is 2.21. The van der Waals surface area contributed by atoms with E-state index < -0.39 is 0 Å². The lowest BCUT2D eigenvalue weighted by molar-refractivity contribution is 0.145. The molecule has 1 aromatic heterocycles. The van der Waals surface area contributed by atoms with Crippen LogP contribution < -0.4 is 15.0 Å². The molecule has 2 heterocycles. The molecule has 3 aromatic rings. The first-order valence-corrected chi connectivity index (χ1v) is 10.4. The van der Waals surface area contributed by atoms with E-state index in [1.54, 1.807) is 7.11 Å². The molecule has 4 rings (SSSR count). The van der Waals surface area contributed by atoms with Crippen molar-refractivity contribution in [1.29, 1.82) is 0 Å². The molecule has 1 fully saturated rings. The Labute approximate surface area is 197 Å². The van der Waals surface area contributed by atoms with Gasteiger partial charge in [0, 0.05) is 30.4 Å². The molecule has 3 N–H and O–H groups in total. The second kappa shape index (κ2) is 10.7. The van der Waals surface area contributed by atoms with E-state index in [0.717, 1.165) is 40.8 Å². The molecule has 0 aliphatic carbocycles. The van der Waals surface area contributed by atoms with Gasteiger partial charge in [0.2, 0.25) is 0 Å². The normalized spacial score (nSPS) is 14.5. The summed E-state index contributed by atoms with van der Waals surface area (Å²) in [6.07, 6.45) is 2.53. The van der Waals surface area contributed by atoms with Crippen LogP contribution in [0.15, 0.2) is 41.6 Å². The Morgan fingerprint density at radius 1 is 1.19 bits per heavy atom. The molecule has 0 unspecified atom stereocenters. The van der Waals surface area contributed by atoms with Crippen LogP contribution >= 0.6 is 24.0 Å². The molecule has 1 aliphatic heterocycles. The van der Waals surface area contributed by atoms with Gasteiger partial charge in [0.05, 0.1) is 24.5 Å². The standard InChI is InChI=1S/C22H24ClN5O3.ClH/c1-31-20-5-3-15(11-19(20)23)12-24-21-18-10-14(13-25-30)2-4-17(18)22(27-26-21)28-8-6-16(29)7-9-28;/h2-5,10-11,13,16,29-30H,6-9,12H2,1H3,(H,24,26);1H/b25-13+;. The first-order chi connectivity index (χ1) is 15.1. The third kappa shape index (κ3) is 5.15. The molecule has 0 amide bonds. The average Bonchev–Trinajstić information content (AvgIpc) is 2.78. The summed E-state index contributed by atoms with van der Waals surface area (Å²) in [7, 11) is 1.58. The lowest BCUT2D eigenvalue weighted by atomic mass is 10.1. The minimum Gasteiger partial charge on any atom is -0.495 e. The fourth-order valence-electron chi connectivity index (χ4n) is 3.75. The van der Waals surface area contributed by atoms with Gasteiger partial charge in [-0.15, -0.1) is 22.6 Å². The Morgan fingerprint density at radius 3 is 2.66 bits per heavy atom. The molecule has 0 bridgehead atoms. The van der Waals surface area contributed by atoms with Crippen molar-refractivity contribution in [3.8, 4) is 5.75 Å². The molecule has 170 valence electrons. The summed E-state index contributed by atoms with van der Waals surface area (Å²) in [6.45, 7) is 1.95.